The number of hydrogen-bond acceptors (Lipinski definition) is 4. The van der Waals surface area contributed by atoms with Crippen LogP contribution in [0, 0.1) is 19.7 Å². The van der Waals surface area contributed by atoms with E-state index in [1.165, 1.54) is 12.1 Å². The number of hydrogen-bond donors (Lipinski definition) is 2. The molecule has 1 fully saturated rings. The van der Waals surface area contributed by atoms with Gasteiger partial charge < -0.3 is 20.1 Å². The van der Waals surface area contributed by atoms with Crippen LogP contribution in [0.5, 0.6) is 0 Å². The summed E-state index contributed by atoms with van der Waals surface area (Å²) in [6.07, 6.45) is 5.59. The second-order valence-electron chi connectivity index (χ2n) is 9.00. The minimum absolute atomic E-state index is 0.169. The molecule has 1 saturated heterocycles. The van der Waals surface area contributed by atoms with Gasteiger partial charge in [0.2, 0.25) is 5.91 Å². The summed E-state index contributed by atoms with van der Waals surface area (Å²) in [6.45, 7) is 4.56. The fourth-order valence-corrected chi connectivity index (χ4v) is 5.27. The number of halogens is 1. The summed E-state index contributed by atoms with van der Waals surface area (Å²) in [6, 6.07) is 17.3. The normalized spacial score (nSPS) is 17.1. The van der Waals surface area contributed by atoms with Crippen LogP contribution in [-0.2, 0) is 4.79 Å². The van der Waals surface area contributed by atoms with Crippen LogP contribution in [0.15, 0.2) is 79.3 Å². The van der Waals surface area contributed by atoms with Crippen LogP contribution in [0.1, 0.15) is 41.1 Å². The van der Waals surface area contributed by atoms with E-state index in [2.05, 4.69) is 50.0 Å². The summed E-state index contributed by atoms with van der Waals surface area (Å²) >= 11 is 5.76. The highest BCUT2D eigenvalue weighted by molar-refractivity contribution is 7.80. The maximum absolute atomic E-state index is 13.2. The van der Waals surface area contributed by atoms with Crippen LogP contribution in [0.4, 0.5) is 10.1 Å². The zero-order valence-corrected chi connectivity index (χ0v) is 21.4. The van der Waals surface area contributed by atoms with E-state index in [1.807, 2.05) is 36.5 Å². The Morgan fingerprint density at radius 2 is 1.92 bits per heavy atom. The van der Waals surface area contributed by atoms with Gasteiger partial charge in [-0.1, -0.05) is 6.07 Å². The van der Waals surface area contributed by atoms with Crippen LogP contribution < -0.4 is 10.6 Å². The van der Waals surface area contributed by atoms with Crippen molar-refractivity contribution in [2.24, 2.45) is 0 Å². The molecule has 1 amide bonds. The lowest BCUT2D eigenvalue weighted by Gasteiger charge is -2.28. The average molecular weight is 515 g/mol. The summed E-state index contributed by atoms with van der Waals surface area (Å²) in [7, 11) is 0. The summed E-state index contributed by atoms with van der Waals surface area (Å²) in [5.74, 6) is -0.519. The van der Waals surface area contributed by atoms with Crippen LogP contribution in [0.25, 0.3) is 5.69 Å². The third-order valence-electron chi connectivity index (χ3n) is 6.60. The highest BCUT2D eigenvalue weighted by atomic mass is 32.1. The Hall–Kier alpha value is -4.11. The average Bonchev–Trinajstić information content (AvgIpc) is 3.39. The fraction of sp³-hybridized carbons (Fsp3) is 0.214. The van der Waals surface area contributed by atoms with Gasteiger partial charge in [-0.25, -0.2) is 4.39 Å². The maximum atomic E-state index is 13.2. The van der Waals surface area contributed by atoms with Crippen LogP contribution in [0.2, 0.25) is 0 Å². The quantitative estimate of drug-likeness (QED) is 0.337. The van der Waals surface area contributed by atoms with Crippen LogP contribution >= 0.6 is 12.2 Å². The largest absolute Gasteiger partial charge is 0.352 e. The van der Waals surface area contributed by atoms with Gasteiger partial charge in [-0.2, -0.15) is 0 Å². The van der Waals surface area contributed by atoms with E-state index >= 15 is 0 Å². The molecule has 1 aliphatic rings. The van der Waals surface area contributed by atoms with Crippen molar-refractivity contribution in [3.8, 4) is 5.69 Å². The van der Waals surface area contributed by atoms with Gasteiger partial charge in [-0.05, 0) is 86.2 Å². The molecule has 0 aliphatic carbocycles. The summed E-state index contributed by atoms with van der Waals surface area (Å²) in [4.78, 5) is 23.7. The summed E-state index contributed by atoms with van der Waals surface area (Å²) in [5.41, 5.74) is 5.66. The van der Waals surface area contributed by atoms with Gasteiger partial charge in [-0.15, -0.1) is 0 Å². The molecule has 7 nitrogen and oxygen atoms in total. The number of anilines is 1. The molecule has 5 rings (SSSR count). The number of nitrogens with zero attached hydrogens (tertiary/aromatic N) is 4. The molecule has 1 aromatic carbocycles. The van der Waals surface area contributed by atoms with E-state index in [-0.39, 0.29) is 30.2 Å². The third kappa shape index (κ3) is 5.08. The molecule has 4 aromatic rings. The van der Waals surface area contributed by atoms with E-state index < -0.39 is 0 Å². The molecule has 0 bridgehead atoms. The van der Waals surface area contributed by atoms with Crippen molar-refractivity contribution >= 4 is 28.9 Å². The van der Waals surface area contributed by atoms with Gasteiger partial charge in [-0.3, -0.25) is 14.8 Å². The predicted octanol–water partition coefficient (Wildman–Crippen LogP) is 5.02. The van der Waals surface area contributed by atoms with Crippen LogP contribution in [-0.4, -0.2) is 37.0 Å². The monoisotopic (exact) mass is 514 g/mol. The molecule has 0 saturated carbocycles. The Balaban J connectivity index is 1.45. The van der Waals surface area contributed by atoms with E-state index in [9.17, 15) is 9.18 Å². The zero-order chi connectivity index (χ0) is 25.9. The number of amides is 1. The van der Waals surface area contributed by atoms with Gasteiger partial charge in [0.05, 0.1) is 29.7 Å². The maximum Gasteiger partial charge on any atom is 0.226 e. The topological polar surface area (TPSA) is 75.1 Å². The van der Waals surface area contributed by atoms with Crippen molar-refractivity contribution in [2.75, 3.05) is 11.9 Å². The molecule has 4 heterocycles. The van der Waals surface area contributed by atoms with Gasteiger partial charge in [0.1, 0.15) is 5.82 Å². The molecule has 0 spiro atoms. The number of carbonyl (C=O) groups is 1. The third-order valence-corrected chi connectivity index (χ3v) is 6.95. The number of rotatable bonds is 7. The number of nitrogens with one attached hydrogen (secondary N) is 2. The second-order valence-corrected chi connectivity index (χ2v) is 9.38. The van der Waals surface area contributed by atoms with E-state index in [0.29, 0.717) is 17.3 Å². The summed E-state index contributed by atoms with van der Waals surface area (Å²) < 4.78 is 15.4. The minimum atomic E-state index is -0.348. The van der Waals surface area contributed by atoms with E-state index in [1.54, 1.807) is 24.5 Å². The second kappa shape index (κ2) is 10.5. The van der Waals surface area contributed by atoms with Gasteiger partial charge in [0.25, 0.3) is 0 Å². The Labute approximate surface area is 220 Å². The number of aryl methyl sites for hydroxylation is 1. The molecule has 0 unspecified atom stereocenters. The van der Waals surface area contributed by atoms with Crippen LogP contribution in [0.3, 0.4) is 0 Å². The molecule has 2 N–H and O–H groups in total. The molecule has 1 aliphatic heterocycles. The van der Waals surface area contributed by atoms with Gasteiger partial charge >= 0.3 is 0 Å². The molecule has 37 heavy (non-hydrogen) atoms. The molecule has 0 radical (unpaired) electrons. The molecule has 9 heteroatoms. The van der Waals surface area contributed by atoms with E-state index in [4.69, 9.17) is 12.2 Å². The van der Waals surface area contributed by atoms with Gasteiger partial charge in [0.15, 0.2) is 5.11 Å². The highest BCUT2D eigenvalue weighted by Crippen LogP contribution is 2.41. The lowest BCUT2D eigenvalue weighted by atomic mass is 9.96. The number of carbonyl (C=O) groups excluding carboxylic acids is 1. The zero-order valence-electron chi connectivity index (χ0n) is 20.6. The lowest BCUT2D eigenvalue weighted by Crippen LogP contribution is -2.32. The molecule has 188 valence electrons. The number of aromatic nitrogens is 3. The summed E-state index contributed by atoms with van der Waals surface area (Å²) in [5, 5.41) is 6.85. The first kappa shape index (κ1) is 24.6. The SMILES string of the molecule is Cc1cc([C@H]2[C@H](c3ccccn3)NC(=S)N2CCC(=O)Nc2ccc(F)cc2)c(C)n1-c1cccnc1. The van der Waals surface area contributed by atoms with Crippen molar-refractivity contribution in [1.29, 1.82) is 0 Å². The first-order valence-electron chi connectivity index (χ1n) is 12.0. The Kier molecular flexibility index (Phi) is 6.96. The lowest BCUT2D eigenvalue weighted by molar-refractivity contribution is -0.116. The molecular weight excluding hydrogens is 487 g/mol. The number of thiocarbonyl (C=S) groups is 1. The van der Waals surface area contributed by atoms with Crippen molar-refractivity contribution in [1.82, 2.24) is 24.8 Å². The molecule has 3 aromatic heterocycles. The molecule has 2 atom stereocenters. The molecular formula is C28H27FN6OS. The van der Waals surface area contributed by atoms with Gasteiger partial charge in [0, 0.05) is 42.4 Å². The van der Waals surface area contributed by atoms with Crippen molar-refractivity contribution in [3.05, 3.63) is 108 Å². The van der Waals surface area contributed by atoms with Crippen molar-refractivity contribution in [3.63, 3.8) is 0 Å². The number of pyridine rings is 2. The first-order chi connectivity index (χ1) is 17.9. The predicted molar refractivity (Wildman–Crippen MR) is 145 cm³/mol. The van der Waals surface area contributed by atoms with E-state index in [0.717, 1.165) is 28.3 Å². The first-order valence-corrected chi connectivity index (χ1v) is 12.5. The minimum Gasteiger partial charge on any atom is -0.352 e. The Morgan fingerprint density at radius 1 is 1.11 bits per heavy atom. The fourth-order valence-electron chi connectivity index (χ4n) is 4.93. The van der Waals surface area contributed by atoms with Crippen molar-refractivity contribution in [2.45, 2.75) is 32.4 Å². The Morgan fingerprint density at radius 3 is 2.62 bits per heavy atom. The number of benzene rings is 1. The smallest absolute Gasteiger partial charge is 0.226 e. The Bertz CT molecular complexity index is 1410. The highest BCUT2D eigenvalue weighted by Gasteiger charge is 2.41. The standard InChI is InChI=1S/C28H27FN6OS/c1-18-16-23(19(2)35(18)22-6-5-13-30-17-22)27-26(24-7-3-4-14-31-24)33-28(37)34(27)15-12-25(36)32-21-10-8-20(29)9-11-21/h3-11,13-14,16-17,26-27H,12,15H2,1-2H3,(H,32,36)(H,33,37)/t26-,27-/m0/s1. The van der Waals surface area contributed by atoms with Crippen molar-refractivity contribution < 1.29 is 9.18 Å².